The van der Waals surface area contributed by atoms with Crippen LogP contribution in [0.5, 0.6) is 5.75 Å². The number of para-hydroxylation sites is 1. The number of nitrogens with one attached hydrogen (secondary N) is 1. The zero-order valence-corrected chi connectivity index (χ0v) is 34.6. The number of carbonyl (C=O) groups excluding carboxylic acids is 2. The fourth-order valence-electron chi connectivity index (χ4n) is 7.54. The number of aryl methyl sites for hydroxylation is 2. The van der Waals surface area contributed by atoms with Gasteiger partial charge >= 0.3 is 0 Å². The first-order chi connectivity index (χ1) is 26.2. The summed E-state index contributed by atoms with van der Waals surface area (Å²) in [5, 5.41) is 1.10. The molecule has 3 aromatic rings. The Morgan fingerprint density at radius 3 is 2.42 bits per heavy atom. The van der Waals surface area contributed by atoms with Gasteiger partial charge in [-0.3, -0.25) is 14.6 Å². The van der Waals surface area contributed by atoms with Gasteiger partial charge in [-0.1, -0.05) is 48.2 Å². The Kier molecular flexibility index (Phi) is 14.3. The fourth-order valence-corrected chi connectivity index (χ4v) is 9.85. The first kappa shape index (κ1) is 42.5. The number of sulfonamides is 1. The van der Waals surface area contributed by atoms with Gasteiger partial charge in [0.05, 0.1) is 11.1 Å². The third kappa shape index (κ3) is 9.83. The Morgan fingerprint density at radius 2 is 1.75 bits per heavy atom. The number of halogens is 2. The summed E-state index contributed by atoms with van der Waals surface area (Å²) in [7, 11) is -4.30. The second-order valence-electron chi connectivity index (χ2n) is 14.4. The second kappa shape index (κ2) is 18.5. The number of ether oxygens (including phenoxy) is 1. The summed E-state index contributed by atoms with van der Waals surface area (Å²) in [4.78, 5) is 41.5. The van der Waals surface area contributed by atoms with Gasteiger partial charge < -0.3 is 30.9 Å². The average Bonchev–Trinajstić information content (AvgIpc) is 3.63. The maximum Gasteiger partial charge on any atom is 0.243 e. The van der Waals surface area contributed by atoms with Gasteiger partial charge in [-0.05, 0) is 89.6 Å². The first-order valence-electron chi connectivity index (χ1n) is 19.1. The van der Waals surface area contributed by atoms with E-state index in [4.69, 9.17) is 39.4 Å². The van der Waals surface area contributed by atoms with Crippen molar-refractivity contribution in [2.24, 2.45) is 16.5 Å². The molecule has 1 unspecified atom stereocenters. The number of nitrogens with zero attached hydrogens (tertiary/aromatic N) is 5. The Balaban J connectivity index is 1.21. The number of pyridine rings is 1. The highest BCUT2D eigenvalue weighted by atomic mass is 35.5. The van der Waals surface area contributed by atoms with Crippen molar-refractivity contribution in [3.05, 3.63) is 63.3 Å². The molecular formula is C39H54Cl2N8O5S. The normalized spacial score (nSPS) is 16.7. The summed E-state index contributed by atoms with van der Waals surface area (Å²) in [6.07, 6.45) is 4.17. The van der Waals surface area contributed by atoms with E-state index in [0.717, 1.165) is 42.6 Å². The predicted molar refractivity (Wildman–Crippen MR) is 218 cm³/mol. The monoisotopic (exact) mass is 816 g/mol. The smallest absolute Gasteiger partial charge is 0.243 e. The van der Waals surface area contributed by atoms with E-state index < -0.39 is 21.6 Å². The number of aliphatic imine (C=N–C) groups is 1. The quantitative estimate of drug-likeness (QED) is 0.106. The molecule has 1 aromatic heterocycles. The van der Waals surface area contributed by atoms with E-state index in [1.54, 1.807) is 15.9 Å². The Morgan fingerprint density at radius 1 is 1.05 bits per heavy atom. The molecule has 1 aliphatic heterocycles. The summed E-state index contributed by atoms with van der Waals surface area (Å²) in [6, 6.07) is 9.79. The van der Waals surface area contributed by atoms with Crippen molar-refractivity contribution < 1.29 is 22.7 Å². The third-order valence-electron chi connectivity index (χ3n) is 10.6. The second-order valence-corrected chi connectivity index (χ2v) is 16.8. The number of aromatic nitrogens is 1. The van der Waals surface area contributed by atoms with Crippen molar-refractivity contribution in [1.82, 2.24) is 24.4 Å². The van der Waals surface area contributed by atoms with E-state index in [2.05, 4.69) is 14.7 Å². The maximum atomic E-state index is 14.2. The molecule has 0 spiro atoms. The van der Waals surface area contributed by atoms with Crippen LogP contribution in [0.1, 0.15) is 75.6 Å². The predicted octanol–water partition coefficient (Wildman–Crippen LogP) is 5.15. The van der Waals surface area contributed by atoms with Gasteiger partial charge in [-0.25, -0.2) is 13.4 Å². The van der Waals surface area contributed by atoms with Crippen LogP contribution in [0.15, 0.2) is 46.3 Å². The highest BCUT2D eigenvalue weighted by molar-refractivity contribution is 7.89. The largest absolute Gasteiger partial charge is 0.487 e. The zero-order chi connectivity index (χ0) is 39.9. The van der Waals surface area contributed by atoms with Gasteiger partial charge in [0.15, 0.2) is 5.96 Å². The average molecular weight is 818 g/mol. The maximum absolute atomic E-state index is 14.2. The zero-order valence-electron chi connectivity index (χ0n) is 32.2. The SMILES string of the molecule is CCN=C(N)N(CC)CCCCC(N)C(=O)N1CCN(C(=O)C2(NS(=O)(=O)c3ccc(Cl)c(COc4cccc5c(C)cc(C)nc45)c3Cl)CCCC2)CC1. The lowest BCUT2D eigenvalue weighted by atomic mass is 9.96. The number of amides is 2. The molecule has 16 heteroatoms. The number of hydrogen-bond acceptors (Lipinski definition) is 8. The van der Waals surface area contributed by atoms with Crippen LogP contribution < -0.4 is 20.9 Å². The van der Waals surface area contributed by atoms with Crippen molar-refractivity contribution >= 4 is 61.9 Å². The van der Waals surface area contributed by atoms with Crippen LogP contribution in [-0.4, -0.2) is 103 Å². The summed E-state index contributed by atoms with van der Waals surface area (Å²) >= 11 is 13.4. The molecule has 2 amide bonds. The number of piperazine rings is 1. The van der Waals surface area contributed by atoms with Gasteiger partial charge in [0, 0.05) is 67.5 Å². The van der Waals surface area contributed by atoms with Crippen LogP contribution >= 0.6 is 23.2 Å². The number of guanidine groups is 1. The van der Waals surface area contributed by atoms with Crippen molar-refractivity contribution in [3.8, 4) is 5.75 Å². The number of benzene rings is 2. The summed E-state index contributed by atoms with van der Waals surface area (Å²) in [6.45, 7) is 11.0. The third-order valence-corrected chi connectivity index (χ3v) is 13.0. The van der Waals surface area contributed by atoms with Crippen molar-refractivity contribution in [3.63, 3.8) is 0 Å². The molecule has 5 rings (SSSR count). The van der Waals surface area contributed by atoms with Crippen molar-refractivity contribution in [1.29, 1.82) is 0 Å². The van der Waals surface area contributed by atoms with Crippen molar-refractivity contribution in [2.75, 3.05) is 45.8 Å². The number of hydrogen-bond donors (Lipinski definition) is 3. The number of nitrogens with two attached hydrogens (primary N) is 2. The van der Waals surface area contributed by atoms with Crippen LogP contribution in [0, 0.1) is 13.8 Å². The van der Waals surface area contributed by atoms with Crippen molar-refractivity contribution in [2.45, 2.75) is 95.7 Å². The molecule has 0 bridgehead atoms. The highest BCUT2D eigenvalue weighted by Gasteiger charge is 2.47. The summed E-state index contributed by atoms with van der Waals surface area (Å²) < 4.78 is 37.1. The van der Waals surface area contributed by atoms with E-state index in [1.807, 2.05) is 50.8 Å². The van der Waals surface area contributed by atoms with Crippen LogP contribution in [-0.2, 0) is 26.2 Å². The fraction of sp³-hybridized carbons (Fsp3) is 0.538. The molecule has 1 saturated heterocycles. The summed E-state index contributed by atoms with van der Waals surface area (Å²) in [5.74, 6) is 0.580. The molecule has 5 N–H and O–H groups in total. The van der Waals surface area contributed by atoms with Gasteiger partial charge in [0.1, 0.15) is 28.3 Å². The van der Waals surface area contributed by atoms with Gasteiger partial charge in [-0.2, -0.15) is 4.72 Å². The Labute approximate surface area is 334 Å². The first-order valence-corrected chi connectivity index (χ1v) is 21.3. The molecular weight excluding hydrogens is 763 g/mol. The molecule has 1 aliphatic carbocycles. The molecule has 1 atom stereocenters. The van der Waals surface area contributed by atoms with E-state index in [1.165, 1.54) is 12.1 Å². The van der Waals surface area contributed by atoms with Crippen LogP contribution in [0.3, 0.4) is 0 Å². The molecule has 300 valence electrons. The van der Waals surface area contributed by atoms with Crippen LogP contribution in [0.4, 0.5) is 0 Å². The molecule has 2 aromatic carbocycles. The molecule has 55 heavy (non-hydrogen) atoms. The van der Waals surface area contributed by atoms with E-state index in [0.29, 0.717) is 74.5 Å². The lowest BCUT2D eigenvalue weighted by molar-refractivity contribution is -0.144. The lowest BCUT2D eigenvalue weighted by Gasteiger charge is -2.40. The van der Waals surface area contributed by atoms with Gasteiger partial charge in [0.25, 0.3) is 0 Å². The molecule has 2 aliphatic rings. The Bertz CT molecular complexity index is 2000. The van der Waals surface area contributed by atoms with Crippen LogP contribution in [0.2, 0.25) is 10.0 Å². The minimum Gasteiger partial charge on any atom is -0.487 e. The Hall–Kier alpha value is -3.69. The van der Waals surface area contributed by atoms with E-state index >= 15 is 0 Å². The topological polar surface area (TPSA) is 177 Å². The van der Waals surface area contributed by atoms with E-state index in [-0.39, 0.29) is 46.5 Å². The molecule has 2 fully saturated rings. The van der Waals surface area contributed by atoms with Gasteiger partial charge in [0.2, 0.25) is 21.8 Å². The number of carbonyl (C=O) groups is 2. The highest BCUT2D eigenvalue weighted by Crippen LogP contribution is 2.37. The lowest BCUT2D eigenvalue weighted by Crippen LogP contribution is -2.62. The molecule has 0 radical (unpaired) electrons. The summed E-state index contributed by atoms with van der Waals surface area (Å²) in [5.41, 5.74) is 13.9. The number of fused-ring (bicyclic) bond motifs is 1. The van der Waals surface area contributed by atoms with E-state index in [9.17, 15) is 18.0 Å². The molecule has 2 heterocycles. The standard InChI is InChI=1S/C39H54Cl2N8O5S/c1-5-44-38(43)47(6-2)19-10-7-13-31(42)36(50)48-20-22-49(23-21-48)37(51)39(17-8-9-18-39)46-55(52,53)33-16-15-30(40)29(34(33)41)25-54-32-14-11-12-28-26(3)24-27(4)45-35(28)32/h11-12,14-16,24,31,46H,5-10,13,17-23,25,42H2,1-4H3,(H2,43,44). The van der Waals surface area contributed by atoms with Crippen LogP contribution in [0.25, 0.3) is 10.9 Å². The number of unbranched alkanes of at least 4 members (excludes halogenated alkanes) is 1. The number of rotatable bonds is 15. The molecule has 13 nitrogen and oxygen atoms in total. The minimum absolute atomic E-state index is 0.0817. The van der Waals surface area contributed by atoms with Gasteiger partial charge in [-0.15, -0.1) is 0 Å². The minimum atomic E-state index is -4.30. The molecule has 1 saturated carbocycles.